The lowest BCUT2D eigenvalue weighted by molar-refractivity contribution is -0.131. The monoisotopic (exact) mass is 377 g/mol. The highest BCUT2D eigenvalue weighted by molar-refractivity contribution is 6.07. The first-order valence-corrected chi connectivity index (χ1v) is 9.14. The molecule has 28 heavy (non-hydrogen) atoms. The van der Waals surface area contributed by atoms with E-state index in [1.165, 1.54) is 12.2 Å². The molecule has 0 unspecified atom stereocenters. The van der Waals surface area contributed by atoms with Gasteiger partial charge in [-0.05, 0) is 49.0 Å². The Hall–Kier alpha value is -3.25. The minimum Gasteiger partial charge on any atom is -0.478 e. The number of carboxylic acids is 1. The molecular formula is C22H23N3O3. The number of piperazine rings is 1. The van der Waals surface area contributed by atoms with Crippen molar-refractivity contribution in [2.45, 2.75) is 0 Å². The SMILES string of the molecule is CN1CCN(c2cccc(C(=O)C=Cc3ccc(C=CC(=O)O)nc3)c2)CC1. The van der Waals surface area contributed by atoms with Gasteiger partial charge in [0, 0.05) is 49.7 Å². The average molecular weight is 377 g/mol. The number of nitrogens with zero attached hydrogens (tertiary/aromatic N) is 3. The van der Waals surface area contributed by atoms with E-state index in [1.54, 1.807) is 24.4 Å². The number of hydrogen-bond acceptors (Lipinski definition) is 5. The first-order valence-electron chi connectivity index (χ1n) is 9.14. The van der Waals surface area contributed by atoms with Gasteiger partial charge < -0.3 is 14.9 Å². The van der Waals surface area contributed by atoms with E-state index in [-0.39, 0.29) is 5.78 Å². The maximum atomic E-state index is 12.5. The number of hydrogen-bond donors (Lipinski definition) is 1. The second-order valence-corrected chi connectivity index (χ2v) is 6.73. The highest BCUT2D eigenvalue weighted by Gasteiger charge is 2.15. The highest BCUT2D eigenvalue weighted by Crippen LogP contribution is 2.18. The third-order valence-corrected chi connectivity index (χ3v) is 4.63. The standard InChI is InChI=1S/C22H23N3O3/c1-24-11-13-25(14-12-24)20-4-2-3-18(15-20)21(26)9-6-17-5-7-19(23-16-17)8-10-22(27)28/h2-10,15-16H,11-14H2,1H3,(H,27,28). The van der Waals surface area contributed by atoms with Crippen LogP contribution in [0.1, 0.15) is 21.6 Å². The maximum Gasteiger partial charge on any atom is 0.328 e. The summed E-state index contributed by atoms with van der Waals surface area (Å²) in [6, 6.07) is 11.2. The molecule has 0 spiro atoms. The van der Waals surface area contributed by atoms with E-state index in [1.807, 2.05) is 24.3 Å². The zero-order chi connectivity index (χ0) is 19.9. The van der Waals surface area contributed by atoms with Crippen molar-refractivity contribution in [1.29, 1.82) is 0 Å². The quantitative estimate of drug-likeness (QED) is 0.616. The van der Waals surface area contributed by atoms with Crippen LogP contribution in [-0.2, 0) is 4.79 Å². The fourth-order valence-corrected chi connectivity index (χ4v) is 2.96. The van der Waals surface area contributed by atoms with Crippen LogP contribution in [0.3, 0.4) is 0 Å². The summed E-state index contributed by atoms with van der Waals surface area (Å²) in [5, 5.41) is 8.63. The highest BCUT2D eigenvalue weighted by atomic mass is 16.4. The lowest BCUT2D eigenvalue weighted by atomic mass is 10.1. The van der Waals surface area contributed by atoms with E-state index >= 15 is 0 Å². The number of aromatic nitrogens is 1. The summed E-state index contributed by atoms with van der Waals surface area (Å²) >= 11 is 0. The van der Waals surface area contributed by atoms with Crippen molar-refractivity contribution < 1.29 is 14.7 Å². The van der Waals surface area contributed by atoms with Crippen LogP contribution < -0.4 is 4.90 Å². The average Bonchev–Trinajstić information content (AvgIpc) is 2.72. The zero-order valence-electron chi connectivity index (χ0n) is 15.8. The van der Waals surface area contributed by atoms with Gasteiger partial charge in [-0.1, -0.05) is 18.2 Å². The Balaban J connectivity index is 1.66. The first kappa shape index (κ1) is 19.5. The van der Waals surface area contributed by atoms with E-state index in [4.69, 9.17) is 5.11 Å². The predicted molar refractivity (Wildman–Crippen MR) is 110 cm³/mol. The van der Waals surface area contributed by atoms with Crippen LogP contribution in [0, 0.1) is 0 Å². The van der Waals surface area contributed by atoms with Gasteiger partial charge >= 0.3 is 5.97 Å². The molecule has 1 fully saturated rings. The first-order chi connectivity index (χ1) is 13.5. The summed E-state index contributed by atoms with van der Waals surface area (Å²) in [5.41, 5.74) is 3.05. The van der Waals surface area contributed by atoms with E-state index in [0.717, 1.165) is 43.5 Å². The number of carbonyl (C=O) groups excluding carboxylic acids is 1. The van der Waals surface area contributed by atoms with E-state index in [9.17, 15) is 9.59 Å². The molecular weight excluding hydrogens is 354 g/mol. The van der Waals surface area contributed by atoms with Crippen molar-refractivity contribution in [2.24, 2.45) is 0 Å². The Morgan fingerprint density at radius 1 is 1.04 bits per heavy atom. The van der Waals surface area contributed by atoms with E-state index in [2.05, 4.69) is 21.8 Å². The van der Waals surface area contributed by atoms with Crippen LogP contribution in [0.5, 0.6) is 0 Å². The predicted octanol–water partition coefficient (Wildman–Crippen LogP) is 2.83. The van der Waals surface area contributed by atoms with Crippen molar-refractivity contribution in [3.05, 3.63) is 71.6 Å². The van der Waals surface area contributed by atoms with E-state index < -0.39 is 5.97 Å². The molecule has 2 aromatic rings. The van der Waals surface area contributed by atoms with Crippen molar-refractivity contribution in [3.8, 4) is 0 Å². The molecule has 1 aromatic carbocycles. The summed E-state index contributed by atoms with van der Waals surface area (Å²) in [6.45, 7) is 3.95. The zero-order valence-corrected chi connectivity index (χ0v) is 15.8. The lowest BCUT2D eigenvalue weighted by Gasteiger charge is -2.34. The molecule has 6 heteroatoms. The molecule has 0 saturated carbocycles. The normalized spacial score (nSPS) is 15.4. The number of pyridine rings is 1. The minimum atomic E-state index is -1.02. The molecule has 0 atom stereocenters. The Morgan fingerprint density at radius 3 is 2.50 bits per heavy atom. The fraction of sp³-hybridized carbons (Fsp3) is 0.227. The van der Waals surface area contributed by atoms with Gasteiger partial charge in [0.25, 0.3) is 0 Å². The third-order valence-electron chi connectivity index (χ3n) is 4.63. The number of aliphatic carboxylic acids is 1. The van der Waals surface area contributed by atoms with Crippen molar-refractivity contribution in [1.82, 2.24) is 9.88 Å². The van der Waals surface area contributed by atoms with Gasteiger partial charge in [-0.25, -0.2) is 4.79 Å². The molecule has 6 nitrogen and oxygen atoms in total. The molecule has 0 radical (unpaired) electrons. The molecule has 1 aliphatic heterocycles. The van der Waals surface area contributed by atoms with Gasteiger partial charge in [0.15, 0.2) is 5.78 Å². The van der Waals surface area contributed by atoms with Gasteiger partial charge in [0.05, 0.1) is 5.69 Å². The number of anilines is 1. The summed E-state index contributed by atoms with van der Waals surface area (Å²) in [6.07, 6.45) is 7.31. The van der Waals surface area contributed by atoms with Crippen LogP contribution in [0.25, 0.3) is 12.2 Å². The van der Waals surface area contributed by atoms with Crippen LogP contribution in [0.2, 0.25) is 0 Å². The number of rotatable bonds is 6. The Labute approximate surface area is 164 Å². The lowest BCUT2D eigenvalue weighted by Crippen LogP contribution is -2.44. The van der Waals surface area contributed by atoms with Crippen LogP contribution in [0.15, 0.2) is 54.7 Å². The number of carbonyl (C=O) groups is 2. The van der Waals surface area contributed by atoms with Crippen LogP contribution >= 0.6 is 0 Å². The van der Waals surface area contributed by atoms with Crippen LogP contribution in [0.4, 0.5) is 5.69 Å². The smallest absolute Gasteiger partial charge is 0.328 e. The maximum absolute atomic E-state index is 12.5. The van der Waals surface area contributed by atoms with E-state index in [0.29, 0.717) is 11.3 Å². The second kappa shape index (κ2) is 9.10. The Kier molecular flexibility index (Phi) is 6.34. The third kappa shape index (κ3) is 5.37. The van der Waals surface area contributed by atoms with Gasteiger partial charge in [0.2, 0.25) is 0 Å². The fourth-order valence-electron chi connectivity index (χ4n) is 2.96. The molecule has 2 heterocycles. The van der Waals surface area contributed by atoms with Gasteiger partial charge in [0.1, 0.15) is 0 Å². The largest absolute Gasteiger partial charge is 0.478 e. The van der Waals surface area contributed by atoms with Crippen molar-refractivity contribution in [2.75, 3.05) is 38.1 Å². The summed E-state index contributed by atoms with van der Waals surface area (Å²) in [4.78, 5) is 31.8. The molecule has 3 rings (SSSR count). The van der Waals surface area contributed by atoms with Gasteiger partial charge in [-0.2, -0.15) is 0 Å². The summed E-state index contributed by atoms with van der Waals surface area (Å²) < 4.78 is 0. The molecule has 0 bridgehead atoms. The number of carboxylic acid groups (broad SMARTS) is 1. The van der Waals surface area contributed by atoms with Gasteiger partial charge in [-0.15, -0.1) is 0 Å². The molecule has 0 amide bonds. The van der Waals surface area contributed by atoms with Crippen molar-refractivity contribution in [3.63, 3.8) is 0 Å². The number of allylic oxidation sites excluding steroid dienone is 1. The summed E-state index contributed by atoms with van der Waals surface area (Å²) in [7, 11) is 2.12. The van der Waals surface area contributed by atoms with Gasteiger partial charge in [-0.3, -0.25) is 9.78 Å². The minimum absolute atomic E-state index is 0.0640. The number of likely N-dealkylation sites (N-methyl/N-ethyl adjacent to an activating group) is 1. The second-order valence-electron chi connectivity index (χ2n) is 6.73. The topological polar surface area (TPSA) is 73.7 Å². The number of ketones is 1. The van der Waals surface area contributed by atoms with Crippen molar-refractivity contribution >= 4 is 29.6 Å². The Morgan fingerprint density at radius 2 is 1.82 bits per heavy atom. The Bertz CT molecular complexity index is 895. The molecule has 1 aromatic heterocycles. The molecule has 1 saturated heterocycles. The number of benzene rings is 1. The molecule has 1 N–H and O–H groups in total. The molecule has 144 valence electrons. The van der Waals surface area contributed by atoms with Crippen LogP contribution in [-0.4, -0.2) is 60.0 Å². The summed E-state index contributed by atoms with van der Waals surface area (Å²) in [5.74, 6) is -1.08. The molecule has 1 aliphatic rings. The molecule has 0 aliphatic carbocycles.